The van der Waals surface area contributed by atoms with E-state index in [9.17, 15) is 0 Å². The van der Waals surface area contributed by atoms with Crippen LogP contribution in [0.2, 0.25) is 0 Å². The minimum Gasteiger partial charge on any atom is -0.400 e. The summed E-state index contributed by atoms with van der Waals surface area (Å²) in [6.45, 7) is 3.84. The average Bonchev–Trinajstić information content (AvgIpc) is 3.04. The summed E-state index contributed by atoms with van der Waals surface area (Å²) < 4.78 is 10.1. The fraction of sp³-hybridized carbons (Fsp3) is 0.273. The van der Waals surface area contributed by atoms with Crippen molar-refractivity contribution in [2.24, 2.45) is 0 Å². The molecule has 3 aromatic rings. The van der Waals surface area contributed by atoms with E-state index in [-0.39, 0.29) is 17.7 Å². The van der Waals surface area contributed by atoms with Gasteiger partial charge in [0, 0.05) is 11.4 Å². The molecule has 108 valence electrons. The van der Waals surface area contributed by atoms with E-state index in [1.807, 2.05) is 19.9 Å². The molecule has 3 aromatic heterocycles. The lowest BCUT2D eigenvalue weighted by molar-refractivity contribution is 0.390. The van der Waals surface area contributed by atoms with Crippen molar-refractivity contribution in [1.82, 2.24) is 30.3 Å². The Bertz CT molecular complexity index is 749. The van der Waals surface area contributed by atoms with Gasteiger partial charge in [0.25, 0.3) is 11.7 Å². The molecule has 3 heterocycles. The van der Waals surface area contributed by atoms with Crippen LogP contribution < -0.4 is 5.73 Å². The summed E-state index contributed by atoms with van der Waals surface area (Å²) in [4.78, 5) is 12.8. The number of aromatic nitrogens is 6. The highest BCUT2D eigenvalue weighted by Crippen LogP contribution is 2.21. The third kappa shape index (κ3) is 3.16. The molecule has 0 radical (unpaired) electrons. The van der Waals surface area contributed by atoms with E-state index in [0.717, 1.165) is 11.4 Å². The quantitative estimate of drug-likeness (QED) is 0.557. The fourth-order valence-corrected chi connectivity index (χ4v) is 2.40. The van der Waals surface area contributed by atoms with Crippen molar-refractivity contribution in [3.8, 4) is 11.7 Å². The van der Waals surface area contributed by atoms with Gasteiger partial charge in [-0.15, -0.1) is 5.10 Å². The molecule has 0 spiro atoms. The van der Waals surface area contributed by atoms with Crippen molar-refractivity contribution in [3.05, 3.63) is 23.3 Å². The van der Waals surface area contributed by atoms with Gasteiger partial charge >= 0.3 is 6.01 Å². The van der Waals surface area contributed by atoms with Gasteiger partial charge in [-0.1, -0.05) is 22.0 Å². The van der Waals surface area contributed by atoms with Gasteiger partial charge in [-0.05, 0) is 19.9 Å². The number of nitrogens with zero attached hydrogens (tertiary/aromatic N) is 6. The third-order valence-corrected chi connectivity index (χ3v) is 3.22. The van der Waals surface area contributed by atoms with Crippen molar-refractivity contribution in [2.45, 2.75) is 24.8 Å². The van der Waals surface area contributed by atoms with Gasteiger partial charge in [0.2, 0.25) is 5.89 Å². The minimum atomic E-state index is -0.0469. The SMILES string of the molecule is Cc1cc(C)nc(SCc2nc(-c3nnc(N)o3)no2)n1. The summed E-state index contributed by atoms with van der Waals surface area (Å²) in [6.07, 6.45) is 0. The van der Waals surface area contributed by atoms with Crippen LogP contribution in [0, 0.1) is 13.8 Å². The summed E-state index contributed by atoms with van der Waals surface area (Å²) in [5, 5.41) is 11.6. The Kier molecular flexibility index (Phi) is 3.52. The van der Waals surface area contributed by atoms with Gasteiger partial charge in [-0.2, -0.15) is 4.98 Å². The van der Waals surface area contributed by atoms with Crippen molar-refractivity contribution < 1.29 is 8.94 Å². The molecular weight excluding hydrogens is 294 g/mol. The average molecular weight is 305 g/mol. The number of anilines is 1. The highest BCUT2D eigenvalue weighted by atomic mass is 32.2. The standard InChI is InChI=1S/C11H11N7O2S/c1-5-3-6(2)14-11(13-5)21-4-7-15-8(18-20-7)9-16-17-10(12)19-9/h3H,4H2,1-2H3,(H2,12,17). The predicted molar refractivity (Wildman–Crippen MR) is 73.1 cm³/mol. The largest absolute Gasteiger partial charge is 0.400 e. The summed E-state index contributed by atoms with van der Waals surface area (Å²) in [5.41, 5.74) is 7.17. The van der Waals surface area contributed by atoms with E-state index in [2.05, 4.69) is 30.3 Å². The second kappa shape index (κ2) is 5.48. The first kappa shape index (κ1) is 13.5. The summed E-state index contributed by atoms with van der Waals surface area (Å²) in [5.74, 6) is 1.18. The molecular formula is C11H11N7O2S. The molecule has 0 fully saturated rings. The Labute approximate surface area is 123 Å². The molecule has 0 saturated heterocycles. The van der Waals surface area contributed by atoms with Crippen LogP contribution in [0.4, 0.5) is 6.01 Å². The molecule has 0 unspecified atom stereocenters. The van der Waals surface area contributed by atoms with Crippen LogP contribution in [0.3, 0.4) is 0 Å². The molecule has 0 aromatic carbocycles. The zero-order valence-corrected chi connectivity index (χ0v) is 12.1. The second-order valence-corrected chi connectivity index (χ2v) is 5.12. The summed E-state index contributed by atoms with van der Waals surface area (Å²) in [6, 6.07) is 1.86. The van der Waals surface area contributed by atoms with Gasteiger partial charge in [-0.25, -0.2) is 9.97 Å². The smallest absolute Gasteiger partial charge is 0.313 e. The molecule has 21 heavy (non-hydrogen) atoms. The van der Waals surface area contributed by atoms with E-state index in [1.165, 1.54) is 11.8 Å². The van der Waals surface area contributed by atoms with Gasteiger partial charge in [-0.3, -0.25) is 0 Å². The number of aryl methyl sites for hydroxylation is 2. The molecule has 0 atom stereocenters. The van der Waals surface area contributed by atoms with Gasteiger partial charge < -0.3 is 14.7 Å². The minimum absolute atomic E-state index is 0.0469. The monoisotopic (exact) mass is 305 g/mol. The lowest BCUT2D eigenvalue weighted by atomic mass is 10.4. The van der Waals surface area contributed by atoms with Crippen LogP contribution in [0.1, 0.15) is 17.3 Å². The lowest BCUT2D eigenvalue weighted by Crippen LogP contribution is -1.93. The van der Waals surface area contributed by atoms with Crippen molar-refractivity contribution >= 4 is 17.8 Å². The van der Waals surface area contributed by atoms with E-state index in [0.29, 0.717) is 16.8 Å². The van der Waals surface area contributed by atoms with E-state index in [4.69, 9.17) is 14.7 Å². The highest BCUT2D eigenvalue weighted by molar-refractivity contribution is 7.98. The van der Waals surface area contributed by atoms with E-state index in [1.54, 1.807) is 0 Å². The van der Waals surface area contributed by atoms with Crippen LogP contribution >= 0.6 is 11.8 Å². The maximum Gasteiger partial charge on any atom is 0.313 e. The van der Waals surface area contributed by atoms with E-state index < -0.39 is 0 Å². The number of thioether (sulfide) groups is 1. The summed E-state index contributed by atoms with van der Waals surface area (Å²) >= 11 is 1.41. The number of nitrogen functional groups attached to an aromatic ring is 1. The second-order valence-electron chi connectivity index (χ2n) is 4.18. The van der Waals surface area contributed by atoms with Crippen LogP contribution in [0.25, 0.3) is 11.7 Å². The maximum atomic E-state index is 5.34. The van der Waals surface area contributed by atoms with Crippen LogP contribution in [0.5, 0.6) is 0 Å². The zero-order chi connectivity index (χ0) is 14.8. The predicted octanol–water partition coefficient (Wildman–Crippen LogP) is 1.40. The number of nitrogens with two attached hydrogens (primary N) is 1. The number of hydrogen-bond acceptors (Lipinski definition) is 10. The third-order valence-electron chi connectivity index (χ3n) is 2.39. The molecule has 10 heteroatoms. The Hall–Kier alpha value is -2.49. The summed E-state index contributed by atoms with van der Waals surface area (Å²) in [7, 11) is 0. The molecule has 2 N–H and O–H groups in total. The molecule has 0 aliphatic rings. The molecule has 3 rings (SSSR count). The molecule has 9 nitrogen and oxygen atoms in total. The first-order valence-corrected chi connectivity index (χ1v) is 6.96. The molecule has 0 saturated carbocycles. The highest BCUT2D eigenvalue weighted by Gasteiger charge is 2.15. The maximum absolute atomic E-state index is 5.34. The molecule has 0 aliphatic carbocycles. The number of hydrogen-bond donors (Lipinski definition) is 1. The Morgan fingerprint density at radius 1 is 1.14 bits per heavy atom. The van der Waals surface area contributed by atoms with E-state index >= 15 is 0 Å². The van der Waals surface area contributed by atoms with Crippen molar-refractivity contribution in [3.63, 3.8) is 0 Å². The molecule has 0 aliphatic heterocycles. The van der Waals surface area contributed by atoms with Gasteiger partial charge in [0.05, 0.1) is 5.75 Å². The first-order chi connectivity index (χ1) is 10.1. The Balaban J connectivity index is 1.70. The zero-order valence-electron chi connectivity index (χ0n) is 11.3. The lowest BCUT2D eigenvalue weighted by Gasteiger charge is -2.00. The van der Waals surface area contributed by atoms with Crippen LogP contribution in [0.15, 0.2) is 20.2 Å². The number of rotatable bonds is 4. The first-order valence-electron chi connectivity index (χ1n) is 5.97. The van der Waals surface area contributed by atoms with Crippen LogP contribution in [-0.4, -0.2) is 30.3 Å². The van der Waals surface area contributed by atoms with Crippen molar-refractivity contribution in [1.29, 1.82) is 0 Å². The Morgan fingerprint density at radius 3 is 2.57 bits per heavy atom. The fourth-order valence-electron chi connectivity index (χ4n) is 1.61. The Morgan fingerprint density at radius 2 is 1.90 bits per heavy atom. The molecule has 0 bridgehead atoms. The van der Waals surface area contributed by atoms with Crippen LogP contribution in [-0.2, 0) is 5.75 Å². The molecule has 0 amide bonds. The van der Waals surface area contributed by atoms with Gasteiger partial charge in [0.15, 0.2) is 5.16 Å². The normalized spacial score (nSPS) is 11.0. The van der Waals surface area contributed by atoms with Gasteiger partial charge in [0.1, 0.15) is 0 Å². The topological polar surface area (TPSA) is 130 Å². The van der Waals surface area contributed by atoms with Crippen molar-refractivity contribution in [2.75, 3.05) is 5.73 Å².